The molecule has 4 nitrogen and oxygen atoms in total. The summed E-state index contributed by atoms with van der Waals surface area (Å²) in [5, 5.41) is 18.4. The van der Waals surface area contributed by atoms with E-state index in [0.717, 1.165) is 0 Å². The van der Waals surface area contributed by atoms with Crippen molar-refractivity contribution in [2.75, 3.05) is 21.1 Å². The van der Waals surface area contributed by atoms with E-state index >= 15 is 0 Å². The maximum atomic E-state index is 9.56. The van der Waals surface area contributed by atoms with Crippen LogP contribution in [0.2, 0.25) is 0 Å². The molecule has 1 atom stereocenters. The van der Waals surface area contributed by atoms with Crippen molar-refractivity contribution >= 4 is 0 Å². The van der Waals surface area contributed by atoms with Gasteiger partial charge < -0.3 is 15.7 Å². The summed E-state index contributed by atoms with van der Waals surface area (Å²) in [6.45, 7) is 1.74. The van der Waals surface area contributed by atoms with Crippen LogP contribution < -0.4 is 16.0 Å². The maximum absolute atomic E-state index is 9.56. The number of rotatable bonds is 5. The minimum absolute atomic E-state index is 0.137. The number of aliphatic hydroxyl groups is 1. The molecule has 68 valence electrons. The fourth-order valence-electron chi connectivity index (χ4n) is 0.848. The van der Waals surface area contributed by atoms with Crippen molar-refractivity contribution in [2.24, 2.45) is 0 Å². The molecule has 4 heteroatoms. The van der Waals surface area contributed by atoms with Gasteiger partial charge in [-0.15, -0.1) is 0 Å². The molecule has 0 bridgehead atoms. The smallest absolute Gasteiger partial charge is 0.115 e. The van der Waals surface area contributed by atoms with Gasteiger partial charge in [-0.3, -0.25) is 5.32 Å². The van der Waals surface area contributed by atoms with Gasteiger partial charge in [0.2, 0.25) is 0 Å². The molecule has 4 N–H and O–H groups in total. The highest BCUT2D eigenvalue weighted by atomic mass is 16.3. The lowest BCUT2D eigenvalue weighted by Gasteiger charge is -2.27. The SMILES string of the molecule is CNC(CC(C)(O)NC)NC. The number of hydrogen-bond acceptors (Lipinski definition) is 4. The van der Waals surface area contributed by atoms with Crippen LogP contribution >= 0.6 is 0 Å². The number of hydrogen-bond donors (Lipinski definition) is 4. The summed E-state index contributed by atoms with van der Waals surface area (Å²) in [5.74, 6) is 0. The zero-order valence-electron chi connectivity index (χ0n) is 7.73. The highest BCUT2D eigenvalue weighted by molar-refractivity contribution is 4.73. The van der Waals surface area contributed by atoms with E-state index in [0.29, 0.717) is 6.42 Å². The van der Waals surface area contributed by atoms with Crippen LogP contribution in [-0.2, 0) is 0 Å². The number of nitrogens with one attached hydrogen (secondary N) is 3. The van der Waals surface area contributed by atoms with Crippen LogP contribution in [0.25, 0.3) is 0 Å². The fraction of sp³-hybridized carbons (Fsp3) is 1.00. The monoisotopic (exact) mass is 161 g/mol. The zero-order chi connectivity index (χ0) is 8.91. The third-order valence-electron chi connectivity index (χ3n) is 1.84. The predicted molar refractivity (Wildman–Crippen MR) is 46.2 cm³/mol. The summed E-state index contributed by atoms with van der Waals surface area (Å²) in [6.07, 6.45) is 0.758. The Labute approximate surface area is 68.4 Å². The molecule has 0 aliphatic rings. The largest absolute Gasteiger partial charge is 0.376 e. The van der Waals surface area contributed by atoms with E-state index < -0.39 is 5.72 Å². The molecule has 0 saturated heterocycles. The van der Waals surface area contributed by atoms with E-state index in [1.54, 1.807) is 14.0 Å². The Kier molecular flexibility index (Phi) is 4.60. The molecule has 0 rings (SSSR count). The van der Waals surface area contributed by atoms with E-state index in [4.69, 9.17) is 0 Å². The molecule has 0 saturated carbocycles. The van der Waals surface area contributed by atoms with Gasteiger partial charge in [0.05, 0.1) is 6.17 Å². The van der Waals surface area contributed by atoms with Gasteiger partial charge in [-0.25, -0.2) is 0 Å². The third kappa shape index (κ3) is 4.31. The fourth-order valence-corrected chi connectivity index (χ4v) is 0.848. The van der Waals surface area contributed by atoms with Gasteiger partial charge in [0, 0.05) is 6.42 Å². The Morgan fingerprint density at radius 1 is 1.27 bits per heavy atom. The molecule has 1 unspecified atom stereocenters. The first kappa shape index (κ1) is 10.8. The van der Waals surface area contributed by atoms with Gasteiger partial charge in [-0.2, -0.15) is 0 Å². The minimum atomic E-state index is -0.809. The van der Waals surface area contributed by atoms with Gasteiger partial charge in [0.25, 0.3) is 0 Å². The lowest BCUT2D eigenvalue weighted by molar-refractivity contribution is 0.0116. The maximum Gasteiger partial charge on any atom is 0.115 e. The highest BCUT2D eigenvalue weighted by Gasteiger charge is 2.20. The van der Waals surface area contributed by atoms with E-state index in [-0.39, 0.29) is 6.17 Å². The standard InChI is InChI=1S/C7H19N3O/c1-7(11,10-4)5-6(8-2)9-3/h6,8-11H,5H2,1-4H3. The average molecular weight is 161 g/mol. The molecule has 0 aliphatic heterocycles. The predicted octanol–water partition coefficient (Wildman–Crippen LogP) is -0.931. The van der Waals surface area contributed by atoms with Crippen LogP contribution in [0.15, 0.2) is 0 Å². The Balaban J connectivity index is 3.79. The van der Waals surface area contributed by atoms with Crippen molar-refractivity contribution in [3.05, 3.63) is 0 Å². The van der Waals surface area contributed by atoms with E-state index in [1.165, 1.54) is 0 Å². The molecule has 0 aromatic rings. The summed E-state index contributed by atoms with van der Waals surface area (Å²) in [4.78, 5) is 0. The highest BCUT2D eigenvalue weighted by Crippen LogP contribution is 2.04. The summed E-state index contributed by atoms with van der Waals surface area (Å²) >= 11 is 0. The Bertz CT molecular complexity index is 102. The van der Waals surface area contributed by atoms with Crippen LogP contribution in [0.4, 0.5) is 0 Å². The Hall–Kier alpha value is -0.160. The van der Waals surface area contributed by atoms with Gasteiger partial charge in [-0.1, -0.05) is 0 Å². The second kappa shape index (κ2) is 4.66. The van der Waals surface area contributed by atoms with Crippen molar-refractivity contribution in [1.29, 1.82) is 0 Å². The quantitative estimate of drug-likeness (QED) is 0.394. The van der Waals surface area contributed by atoms with Gasteiger partial charge in [0.1, 0.15) is 5.72 Å². The molecule has 0 aromatic carbocycles. The lowest BCUT2D eigenvalue weighted by atomic mass is 10.1. The van der Waals surface area contributed by atoms with Crippen LogP contribution in [-0.4, -0.2) is 38.1 Å². The molecule has 0 fully saturated rings. The third-order valence-corrected chi connectivity index (χ3v) is 1.84. The second-order valence-electron chi connectivity index (χ2n) is 2.86. The van der Waals surface area contributed by atoms with E-state index in [9.17, 15) is 5.11 Å². The molecule has 0 amide bonds. The van der Waals surface area contributed by atoms with Crippen LogP contribution in [0.3, 0.4) is 0 Å². The first-order valence-corrected chi connectivity index (χ1v) is 3.81. The van der Waals surface area contributed by atoms with Gasteiger partial charge >= 0.3 is 0 Å². The summed E-state index contributed by atoms with van der Waals surface area (Å²) < 4.78 is 0. The van der Waals surface area contributed by atoms with Crippen LogP contribution in [0.1, 0.15) is 13.3 Å². The van der Waals surface area contributed by atoms with E-state index in [2.05, 4.69) is 16.0 Å². The normalized spacial score (nSPS) is 16.9. The molecular weight excluding hydrogens is 142 g/mol. The van der Waals surface area contributed by atoms with E-state index in [1.807, 2.05) is 14.1 Å². The lowest BCUT2D eigenvalue weighted by Crippen LogP contribution is -2.49. The average Bonchev–Trinajstić information content (AvgIpc) is 2.00. The second-order valence-corrected chi connectivity index (χ2v) is 2.86. The molecule has 0 spiro atoms. The van der Waals surface area contributed by atoms with Crippen molar-refractivity contribution in [1.82, 2.24) is 16.0 Å². The minimum Gasteiger partial charge on any atom is -0.376 e. The van der Waals surface area contributed by atoms with Crippen molar-refractivity contribution < 1.29 is 5.11 Å². The molecule has 0 heterocycles. The van der Waals surface area contributed by atoms with Gasteiger partial charge in [-0.05, 0) is 28.1 Å². The first-order chi connectivity index (χ1) is 5.05. The molecule has 0 aliphatic carbocycles. The Morgan fingerprint density at radius 2 is 1.73 bits per heavy atom. The molecular formula is C7H19N3O. The van der Waals surface area contributed by atoms with Crippen molar-refractivity contribution in [2.45, 2.75) is 25.2 Å². The van der Waals surface area contributed by atoms with Crippen molar-refractivity contribution in [3.8, 4) is 0 Å². The Morgan fingerprint density at radius 3 is 2.00 bits per heavy atom. The van der Waals surface area contributed by atoms with Crippen molar-refractivity contribution in [3.63, 3.8) is 0 Å². The summed E-state index contributed by atoms with van der Waals surface area (Å²) in [7, 11) is 5.45. The summed E-state index contributed by atoms with van der Waals surface area (Å²) in [5.41, 5.74) is -0.809. The topological polar surface area (TPSA) is 56.3 Å². The molecule has 11 heavy (non-hydrogen) atoms. The zero-order valence-corrected chi connectivity index (χ0v) is 7.73. The molecule has 0 radical (unpaired) electrons. The van der Waals surface area contributed by atoms with Crippen LogP contribution in [0, 0.1) is 0 Å². The first-order valence-electron chi connectivity index (χ1n) is 3.81. The molecule has 0 aromatic heterocycles. The van der Waals surface area contributed by atoms with Crippen LogP contribution in [0.5, 0.6) is 0 Å². The summed E-state index contributed by atoms with van der Waals surface area (Å²) in [6, 6.07) is 0. The van der Waals surface area contributed by atoms with Gasteiger partial charge in [0.15, 0.2) is 0 Å².